The van der Waals surface area contributed by atoms with Crippen molar-refractivity contribution in [1.29, 1.82) is 0 Å². The smallest absolute Gasteiger partial charge is 0.264 e. The normalized spacial score (nSPS) is 54.3. The molecule has 0 saturated carbocycles. The Labute approximate surface area is 452 Å². The zero-order valence-electron chi connectivity index (χ0n) is 42.0. The van der Waals surface area contributed by atoms with Gasteiger partial charge in [0.2, 0.25) is 0 Å². The third kappa shape index (κ3) is 12.6. The molecular weight excluding hydrogens is 1120 g/mol. The molecule has 18 N–H and O–H groups in total. The van der Waals surface area contributed by atoms with Crippen LogP contribution in [-0.4, -0.2) is 368 Å². The van der Waals surface area contributed by atoms with Crippen LogP contribution in [0.1, 0.15) is 0 Å². The molecule has 14 bridgehead atoms. The zero-order chi connectivity index (χ0) is 58.0. The van der Waals surface area contributed by atoms with Crippen LogP contribution < -0.4 is 0 Å². The van der Waals surface area contributed by atoms with Gasteiger partial charge >= 0.3 is 0 Å². The van der Waals surface area contributed by atoms with Gasteiger partial charge in [-0.1, -0.05) is 0 Å². The van der Waals surface area contributed by atoms with Crippen molar-refractivity contribution in [2.45, 2.75) is 215 Å². The van der Waals surface area contributed by atoms with E-state index in [9.17, 15) is 100 Å². The number of aliphatic hydroxyl groups excluding tert-OH is 18. The first kappa shape index (κ1) is 63.1. The second kappa shape index (κ2) is 25.9. The van der Waals surface area contributed by atoms with E-state index in [1.54, 1.807) is 0 Å². The molecular formula is C43H70O36S. The Morgan fingerprint density at radius 1 is 0.263 bits per heavy atom. The van der Waals surface area contributed by atoms with Crippen molar-refractivity contribution >= 4 is 10.1 Å². The summed E-state index contributed by atoms with van der Waals surface area (Å²) in [4.78, 5) is 0. The minimum atomic E-state index is -4.33. The highest BCUT2D eigenvalue weighted by Gasteiger charge is 2.63. The molecule has 21 rings (SSSR count). The second-order valence-electron chi connectivity index (χ2n) is 20.5. The molecule has 0 aromatic heterocycles. The van der Waals surface area contributed by atoms with E-state index < -0.39 is 271 Å². The highest BCUT2D eigenvalue weighted by Crippen LogP contribution is 2.44. The fourth-order valence-electron chi connectivity index (χ4n) is 10.8. The molecule has 21 fully saturated rings. The number of hydrogen-bond donors (Lipinski definition) is 18. The number of aliphatic hydroxyl groups is 18. The van der Waals surface area contributed by atoms with Gasteiger partial charge in [-0.3, -0.25) is 4.18 Å². The Kier molecular flexibility index (Phi) is 20.4. The van der Waals surface area contributed by atoms with Crippen molar-refractivity contribution in [2.75, 3.05) is 52.5 Å². The maximum Gasteiger partial charge on any atom is 0.264 e. The van der Waals surface area contributed by atoms with Crippen molar-refractivity contribution < 1.29 is 176 Å². The molecule has 0 aromatic carbocycles. The second-order valence-corrected chi connectivity index (χ2v) is 22.2. The van der Waals surface area contributed by atoms with Gasteiger partial charge in [-0.2, -0.15) is 8.42 Å². The first-order valence-electron chi connectivity index (χ1n) is 25.5. The van der Waals surface area contributed by atoms with Gasteiger partial charge in [0, 0.05) is 0 Å². The summed E-state index contributed by atoms with van der Waals surface area (Å²) in [5.41, 5.74) is 0. The largest absolute Gasteiger partial charge is 0.394 e. The van der Waals surface area contributed by atoms with Crippen LogP contribution in [0.5, 0.6) is 0 Å². The Hall–Kier alpha value is -1.41. The molecule has 464 valence electrons. The molecule has 0 spiro atoms. The van der Waals surface area contributed by atoms with Gasteiger partial charge in [0.05, 0.1) is 52.5 Å². The summed E-state index contributed by atoms with van der Waals surface area (Å²) in [6.07, 6.45) is -65.6. The van der Waals surface area contributed by atoms with Crippen LogP contribution in [0, 0.1) is 0 Å². The lowest BCUT2D eigenvalue weighted by Gasteiger charge is -2.50. The van der Waals surface area contributed by atoms with E-state index in [-0.39, 0.29) is 0 Å². The Morgan fingerprint density at radius 2 is 0.475 bits per heavy atom. The molecule has 80 heavy (non-hydrogen) atoms. The lowest BCUT2D eigenvalue weighted by atomic mass is 9.95. The quantitative estimate of drug-likeness (QED) is 0.0753. The van der Waals surface area contributed by atoms with E-state index in [0.29, 0.717) is 6.26 Å². The SMILES string of the molecule is CS(=O)(=O)OC[C@H]1O[C@@H]2O[C@H]3[C@H](O)[C@@H](O)[C@@H](O[C@H]4[C@H](O)[C@@H](O)[C@@H](O[C@H]5[C@H](O)[C@@H](O)[C@@H](O[C@H]6[C@H](O)[C@H](O)[C@@H](O[C@H]7[C@@H]8O[C@@H]8[C@@H](O[C@H]8[C@H](O)[C@@H](O)[C@@H](O[C@H]1[C@@H](O)[C@H]2O)O[C@@H]8CO)O[C@@H]7CO)O[C@@H]6CO)O[C@H]5CO)O[C@H]4CO)O[C@@H]3CO. The molecule has 37 heteroatoms. The minimum Gasteiger partial charge on any atom is -0.394 e. The van der Waals surface area contributed by atoms with Crippen molar-refractivity contribution in [3.63, 3.8) is 0 Å². The van der Waals surface area contributed by atoms with E-state index >= 15 is 0 Å². The third-order valence-electron chi connectivity index (χ3n) is 15.2. The Balaban J connectivity index is 1.00. The molecule has 0 amide bonds. The summed E-state index contributed by atoms with van der Waals surface area (Å²) in [5.74, 6) is 0. The van der Waals surface area contributed by atoms with Gasteiger partial charge in [0.25, 0.3) is 10.1 Å². The van der Waals surface area contributed by atoms with Crippen molar-refractivity contribution in [3.8, 4) is 0 Å². The number of epoxide rings is 1. The number of rotatable bonds is 9. The van der Waals surface area contributed by atoms with Gasteiger partial charge in [-0.25, -0.2) is 0 Å². The topological polar surface area (TPSA) is 549 Å². The van der Waals surface area contributed by atoms with Crippen molar-refractivity contribution in [3.05, 3.63) is 0 Å². The fraction of sp³-hybridized carbons (Fsp3) is 1.00. The number of ether oxygens (including phenoxy) is 15. The maximum atomic E-state index is 12.2. The lowest BCUT2D eigenvalue weighted by Crippen LogP contribution is -2.68. The minimum absolute atomic E-state index is 0.640. The monoisotopic (exact) mass is 1190 g/mol. The van der Waals surface area contributed by atoms with Crippen LogP contribution in [0.2, 0.25) is 0 Å². The molecule has 21 saturated heterocycles. The number of hydrogen-bond acceptors (Lipinski definition) is 36. The predicted octanol–water partition coefficient (Wildman–Crippen LogP) is -14.2. The van der Waals surface area contributed by atoms with Crippen molar-refractivity contribution in [2.24, 2.45) is 0 Å². The molecule has 0 aromatic rings. The molecule has 21 aliphatic rings. The molecule has 0 unspecified atom stereocenters. The highest BCUT2D eigenvalue weighted by molar-refractivity contribution is 7.85. The molecule has 21 aliphatic heterocycles. The van der Waals surface area contributed by atoms with E-state index in [4.69, 9.17) is 75.2 Å². The Morgan fingerprint density at radius 3 is 0.738 bits per heavy atom. The highest BCUT2D eigenvalue weighted by atomic mass is 32.2. The zero-order valence-corrected chi connectivity index (χ0v) is 42.8. The summed E-state index contributed by atoms with van der Waals surface area (Å²) in [6, 6.07) is 0. The van der Waals surface area contributed by atoms with Crippen molar-refractivity contribution in [1.82, 2.24) is 0 Å². The fourth-order valence-corrected chi connectivity index (χ4v) is 11.2. The molecule has 21 heterocycles. The average molecular weight is 1200 g/mol. The van der Waals surface area contributed by atoms with Crippen LogP contribution >= 0.6 is 0 Å². The maximum absolute atomic E-state index is 12.2. The first-order valence-corrected chi connectivity index (χ1v) is 27.3. The van der Waals surface area contributed by atoms with Gasteiger partial charge in [0.15, 0.2) is 44.0 Å². The lowest BCUT2D eigenvalue weighted by molar-refractivity contribution is -0.396. The summed E-state index contributed by atoms with van der Waals surface area (Å²) in [6.45, 7) is -7.00. The van der Waals surface area contributed by atoms with Gasteiger partial charge < -0.3 is 163 Å². The van der Waals surface area contributed by atoms with Crippen LogP contribution in [0.4, 0.5) is 0 Å². The van der Waals surface area contributed by atoms with Crippen LogP contribution in [0.15, 0.2) is 0 Å². The molecule has 0 aliphatic carbocycles. The average Bonchev–Trinajstić information content (AvgIpc) is 4.32. The van der Waals surface area contributed by atoms with Gasteiger partial charge in [-0.15, -0.1) is 0 Å². The summed E-state index contributed by atoms with van der Waals surface area (Å²) >= 11 is 0. The summed E-state index contributed by atoms with van der Waals surface area (Å²) in [7, 11) is -4.33. The number of fused-ring (bicyclic) bond motifs is 1. The predicted molar refractivity (Wildman–Crippen MR) is 239 cm³/mol. The third-order valence-corrected chi connectivity index (χ3v) is 15.8. The standard InChI is InChI=1S/C43H70O36S/c1-80(62,63)64-8-15-33-21(55)27(61)42(71-15)76-31-11(4-46)67-39(24(58)18(31)52)74-29-9(2-44)65-37(22(56)16(29)50)73-28-10(3-45)66-38(23(57)17(28)51)75-30-12(5-47)69-41(26(60)19(30)53)79-34-14(7-49)70-43(36-35(34)72-36)78-32-13(6-48)68-40(77-33)25(59)20(32)54/h9-61H,2-8H2,1H3/t9-,10-,11+,12+,13+,14+,15+,16+,17+,18+,19+,20+,21-,22+,23+,24+,25+,26-,27+,28+,29+,30+,31+,32+,33+,34+,35-,36-,37+,38+,39+,40+,41+,42+,43+/m0/s1. The molecule has 35 atom stereocenters. The van der Waals surface area contributed by atoms with Gasteiger partial charge in [-0.05, 0) is 0 Å². The van der Waals surface area contributed by atoms with Crippen LogP contribution in [0.25, 0.3) is 0 Å². The molecule has 0 radical (unpaired) electrons. The first-order chi connectivity index (χ1) is 38.0. The van der Waals surface area contributed by atoms with E-state index in [2.05, 4.69) is 0 Å². The van der Waals surface area contributed by atoms with E-state index in [1.807, 2.05) is 0 Å². The van der Waals surface area contributed by atoms with Crippen LogP contribution in [-0.2, 0) is 85.4 Å². The van der Waals surface area contributed by atoms with Gasteiger partial charge in [0.1, 0.15) is 171 Å². The Bertz CT molecular complexity index is 2100. The van der Waals surface area contributed by atoms with E-state index in [1.165, 1.54) is 0 Å². The van der Waals surface area contributed by atoms with Crippen LogP contribution in [0.3, 0.4) is 0 Å². The molecule has 36 nitrogen and oxygen atoms in total. The van der Waals surface area contributed by atoms with E-state index in [0.717, 1.165) is 0 Å². The summed E-state index contributed by atoms with van der Waals surface area (Å²) < 4.78 is 116. The summed E-state index contributed by atoms with van der Waals surface area (Å²) in [5, 5.41) is 199.